The van der Waals surface area contributed by atoms with E-state index in [9.17, 15) is 18.7 Å². The third kappa shape index (κ3) is 4.64. The molecule has 0 unspecified atom stereocenters. The van der Waals surface area contributed by atoms with E-state index in [-0.39, 0.29) is 12.1 Å². The van der Waals surface area contributed by atoms with E-state index in [1.54, 1.807) is 31.2 Å². The van der Waals surface area contributed by atoms with E-state index < -0.39 is 23.8 Å². The molecule has 1 aromatic heterocycles. The lowest BCUT2D eigenvalue weighted by Gasteiger charge is -2.13. The van der Waals surface area contributed by atoms with Crippen LogP contribution in [0.2, 0.25) is 0 Å². The lowest BCUT2D eigenvalue weighted by atomic mass is 10.1. The van der Waals surface area contributed by atoms with Crippen LogP contribution < -0.4 is 10.6 Å². The lowest BCUT2D eigenvalue weighted by Crippen LogP contribution is -2.32. The highest BCUT2D eigenvalue weighted by Gasteiger charge is 2.13. The second-order valence-electron chi connectivity index (χ2n) is 5.74. The van der Waals surface area contributed by atoms with E-state index in [0.29, 0.717) is 23.0 Å². The summed E-state index contributed by atoms with van der Waals surface area (Å²) in [5, 5.41) is 18.9. The molecule has 3 aromatic rings. The monoisotopic (exact) mass is 374 g/mol. The predicted molar refractivity (Wildman–Crippen MR) is 92.8 cm³/mol. The van der Waals surface area contributed by atoms with Crippen LogP contribution in [0.25, 0.3) is 11.4 Å². The van der Waals surface area contributed by atoms with E-state index in [2.05, 4.69) is 20.8 Å². The maximum Gasteiger partial charge on any atom is 0.319 e. The molecule has 2 amide bonds. The van der Waals surface area contributed by atoms with Gasteiger partial charge in [0, 0.05) is 24.7 Å². The van der Waals surface area contributed by atoms with Crippen molar-refractivity contribution in [1.82, 2.24) is 15.5 Å². The van der Waals surface area contributed by atoms with E-state index in [1.165, 1.54) is 6.07 Å². The van der Waals surface area contributed by atoms with Crippen LogP contribution in [0.1, 0.15) is 17.6 Å². The van der Waals surface area contributed by atoms with Gasteiger partial charge in [-0.1, -0.05) is 23.4 Å². The van der Waals surface area contributed by atoms with Gasteiger partial charge in [0.2, 0.25) is 11.7 Å². The Bertz CT molecular complexity index is 961. The average molecular weight is 374 g/mol. The molecule has 9 heteroatoms. The zero-order valence-corrected chi connectivity index (χ0v) is 14.2. The molecule has 1 heterocycles. The first kappa shape index (κ1) is 18.5. The summed E-state index contributed by atoms with van der Waals surface area (Å²) in [6.45, 7) is 1.49. The molecule has 0 aliphatic carbocycles. The quantitative estimate of drug-likeness (QED) is 0.637. The number of benzene rings is 2. The largest absolute Gasteiger partial charge is 0.387 e. The minimum absolute atomic E-state index is 0.156. The maximum absolute atomic E-state index is 13.2. The number of carbonyl (C=O) groups is 1. The van der Waals surface area contributed by atoms with Crippen LogP contribution >= 0.6 is 0 Å². The number of halogens is 2. The van der Waals surface area contributed by atoms with Crippen LogP contribution in [0.3, 0.4) is 0 Å². The topological polar surface area (TPSA) is 100 Å². The number of anilines is 1. The number of amides is 2. The number of rotatable bonds is 5. The fraction of sp³-hybridized carbons (Fsp3) is 0.167. The predicted octanol–water partition coefficient (Wildman–Crippen LogP) is 3.18. The van der Waals surface area contributed by atoms with Gasteiger partial charge in [-0.2, -0.15) is 4.98 Å². The molecule has 140 valence electrons. The molecule has 3 N–H and O–H groups in total. The zero-order valence-electron chi connectivity index (χ0n) is 14.2. The molecule has 0 saturated carbocycles. The fourth-order valence-corrected chi connectivity index (χ4v) is 2.35. The zero-order chi connectivity index (χ0) is 19.4. The van der Waals surface area contributed by atoms with Gasteiger partial charge in [-0.15, -0.1) is 0 Å². The summed E-state index contributed by atoms with van der Waals surface area (Å²) in [4.78, 5) is 16.1. The van der Waals surface area contributed by atoms with Crippen LogP contribution in [-0.2, 0) is 0 Å². The Hall–Kier alpha value is -3.33. The smallest absolute Gasteiger partial charge is 0.319 e. The molecule has 0 aliphatic rings. The van der Waals surface area contributed by atoms with E-state index in [0.717, 1.165) is 12.1 Å². The highest BCUT2D eigenvalue weighted by atomic mass is 19.2. The van der Waals surface area contributed by atoms with Crippen LogP contribution in [0.4, 0.5) is 19.3 Å². The molecule has 0 radical (unpaired) electrons. The van der Waals surface area contributed by atoms with Crippen molar-refractivity contribution < 1.29 is 23.2 Å². The molecule has 0 bridgehead atoms. The lowest BCUT2D eigenvalue weighted by molar-refractivity contribution is 0.174. The van der Waals surface area contributed by atoms with Gasteiger partial charge in [0.15, 0.2) is 11.6 Å². The molecule has 0 saturated heterocycles. The van der Waals surface area contributed by atoms with Crippen molar-refractivity contribution in [3.8, 4) is 11.4 Å². The van der Waals surface area contributed by atoms with Crippen molar-refractivity contribution in [2.24, 2.45) is 0 Å². The third-order valence-electron chi connectivity index (χ3n) is 3.69. The number of aryl methyl sites for hydroxylation is 1. The second kappa shape index (κ2) is 7.92. The van der Waals surface area contributed by atoms with Crippen LogP contribution in [0.5, 0.6) is 0 Å². The van der Waals surface area contributed by atoms with Crippen LogP contribution in [-0.4, -0.2) is 27.8 Å². The van der Waals surface area contributed by atoms with E-state index >= 15 is 0 Å². The first-order valence-electron chi connectivity index (χ1n) is 8.01. The summed E-state index contributed by atoms with van der Waals surface area (Å²) in [6.07, 6.45) is -1.18. The summed E-state index contributed by atoms with van der Waals surface area (Å²) in [5.74, 6) is -1.25. The Labute approximate surface area is 153 Å². The van der Waals surface area contributed by atoms with Crippen molar-refractivity contribution in [1.29, 1.82) is 0 Å². The molecule has 7 nitrogen and oxygen atoms in total. The summed E-state index contributed by atoms with van der Waals surface area (Å²) in [6, 6.07) is 9.29. The van der Waals surface area contributed by atoms with Gasteiger partial charge >= 0.3 is 6.03 Å². The highest BCUT2D eigenvalue weighted by Crippen LogP contribution is 2.20. The maximum atomic E-state index is 13.2. The van der Waals surface area contributed by atoms with Crippen molar-refractivity contribution in [2.45, 2.75) is 13.0 Å². The Morgan fingerprint density at radius 1 is 1.22 bits per heavy atom. The van der Waals surface area contributed by atoms with Gasteiger partial charge in [0.05, 0.1) is 6.10 Å². The molecule has 1 atom stereocenters. The first-order valence-corrected chi connectivity index (χ1v) is 8.01. The molecule has 27 heavy (non-hydrogen) atoms. The number of aliphatic hydroxyl groups excluding tert-OH is 1. The Morgan fingerprint density at radius 2 is 2.04 bits per heavy atom. The molecular formula is C18H16F2N4O3. The molecule has 0 fully saturated rings. The van der Waals surface area contributed by atoms with Crippen molar-refractivity contribution in [2.75, 3.05) is 11.9 Å². The van der Waals surface area contributed by atoms with E-state index in [1.807, 2.05) is 0 Å². The molecule has 0 aliphatic heterocycles. The van der Waals surface area contributed by atoms with E-state index in [4.69, 9.17) is 4.52 Å². The fourth-order valence-electron chi connectivity index (χ4n) is 2.35. The number of nitrogens with one attached hydrogen (secondary N) is 2. The minimum atomic E-state index is -1.18. The molecule has 3 rings (SSSR count). The highest BCUT2D eigenvalue weighted by molar-refractivity contribution is 5.89. The number of urea groups is 1. The first-order chi connectivity index (χ1) is 12.9. The van der Waals surface area contributed by atoms with Crippen molar-refractivity contribution in [3.05, 3.63) is 65.6 Å². The number of hydrogen-bond acceptors (Lipinski definition) is 5. The molecular weight excluding hydrogens is 358 g/mol. The van der Waals surface area contributed by atoms with Gasteiger partial charge in [-0.25, -0.2) is 13.6 Å². The normalized spacial score (nSPS) is 11.9. The van der Waals surface area contributed by atoms with Gasteiger partial charge in [-0.05, 0) is 29.8 Å². The third-order valence-corrected chi connectivity index (χ3v) is 3.69. The van der Waals surface area contributed by atoms with Crippen LogP contribution in [0, 0.1) is 18.6 Å². The Balaban J connectivity index is 1.58. The Kier molecular flexibility index (Phi) is 5.41. The van der Waals surface area contributed by atoms with Crippen molar-refractivity contribution >= 4 is 11.7 Å². The van der Waals surface area contributed by atoms with Crippen molar-refractivity contribution in [3.63, 3.8) is 0 Å². The second-order valence-corrected chi connectivity index (χ2v) is 5.74. The number of nitrogens with zero attached hydrogens (tertiary/aromatic N) is 2. The summed E-state index contributed by atoms with van der Waals surface area (Å²) < 4.78 is 31.1. The number of aromatic nitrogens is 2. The van der Waals surface area contributed by atoms with Gasteiger partial charge in [0.25, 0.3) is 0 Å². The number of carbonyl (C=O) groups excluding carboxylic acids is 1. The standard InChI is InChI=1S/C18H16F2N4O3/c1-10-22-17(24-27-10)12-3-2-4-13(7-12)23-18(26)21-9-16(25)11-5-6-14(19)15(20)8-11/h2-8,16,25H,9H2,1H3,(H2,21,23,26)/t16-/m0/s1. The SMILES string of the molecule is Cc1nc(-c2cccc(NC(=O)NC[C@H](O)c3ccc(F)c(F)c3)c2)no1. The summed E-state index contributed by atoms with van der Waals surface area (Å²) in [7, 11) is 0. The number of aliphatic hydroxyl groups is 1. The minimum Gasteiger partial charge on any atom is -0.387 e. The Morgan fingerprint density at radius 3 is 2.74 bits per heavy atom. The van der Waals surface area contributed by atoms with Gasteiger partial charge < -0.3 is 20.3 Å². The van der Waals surface area contributed by atoms with Gasteiger partial charge in [-0.3, -0.25) is 0 Å². The van der Waals surface area contributed by atoms with Crippen LogP contribution in [0.15, 0.2) is 47.0 Å². The summed E-state index contributed by atoms with van der Waals surface area (Å²) >= 11 is 0. The molecule has 2 aromatic carbocycles. The number of hydrogen-bond donors (Lipinski definition) is 3. The molecule has 0 spiro atoms. The summed E-state index contributed by atoms with van der Waals surface area (Å²) in [5.41, 5.74) is 1.30. The van der Waals surface area contributed by atoms with Gasteiger partial charge in [0.1, 0.15) is 0 Å². The average Bonchev–Trinajstić information content (AvgIpc) is 3.08.